The van der Waals surface area contributed by atoms with Crippen LogP contribution in [0, 0.1) is 12.8 Å². The molecule has 1 aromatic rings. The number of rotatable bonds is 5. The van der Waals surface area contributed by atoms with Gasteiger partial charge in [0.1, 0.15) is 0 Å². The Morgan fingerprint density at radius 3 is 2.35 bits per heavy atom. The summed E-state index contributed by atoms with van der Waals surface area (Å²) in [7, 11) is 0. The number of carbonyl (C=O) groups is 2. The van der Waals surface area contributed by atoms with E-state index in [2.05, 4.69) is 41.4 Å². The van der Waals surface area contributed by atoms with E-state index in [0.29, 0.717) is 6.54 Å². The number of nitrogens with zero attached hydrogens (tertiary/aromatic N) is 2. The van der Waals surface area contributed by atoms with Crippen molar-refractivity contribution in [3.05, 3.63) is 35.4 Å². The third-order valence-corrected chi connectivity index (χ3v) is 5.21. The molecule has 1 heterocycles. The number of hydrogen-bond donors (Lipinski definition) is 2. The zero-order chi connectivity index (χ0) is 18.8. The fraction of sp³-hybridized carbons (Fsp3) is 0.600. The summed E-state index contributed by atoms with van der Waals surface area (Å²) in [6, 6.07) is 8.62. The van der Waals surface area contributed by atoms with Gasteiger partial charge in [-0.2, -0.15) is 0 Å². The van der Waals surface area contributed by atoms with Gasteiger partial charge in [-0.15, -0.1) is 0 Å². The van der Waals surface area contributed by atoms with Crippen molar-refractivity contribution in [3.63, 3.8) is 0 Å². The van der Waals surface area contributed by atoms with Crippen molar-refractivity contribution in [2.24, 2.45) is 5.92 Å². The minimum Gasteiger partial charge on any atom is -0.483 e. The fourth-order valence-corrected chi connectivity index (χ4v) is 3.35. The lowest BCUT2D eigenvalue weighted by Gasteiger charge is -2.38. The molecule has 1 saturated carbocycles. The van der Waals surface area contributed by atoms with E-state index in [4.69, 9.17) is 9.90 Å². The van der Waals surface area contributed by atoms with Gasteiger partial charge in [-0.1, -0.05) is 36.2 Å². The number of benzene rings is 1. The van der Waals surface area contributed by atoms with Gasteiger partial charge in [-0.3, -0.25) is 9.69 Å². The van der Waals surface area contributed by atoms with Crippen LogP contribution in [0.3, 0.4) is 0 Å². The summed E-state index contributed by atoms with van der Waals surface area (Å²) < 4.78 is 0. The monoisotopic (exact) mass is 361 g/mol. The highest BCUT2D eigenvalue weighted by atomic mass is 16.3. The van der Waals surface area contributed by atoms with Crippen LogP contribution < -0.4 is 5.32 Å². The molecule has 1 saturated heterocycles. The normalized spacial score (nSPS) is 17.7. The Morgan fingerprint density at radius 1 is 1.19 bits per heavy atom. The van der Waals surface area contributed by atoms with Crippen molar-refractivity contribution in [1.29, 1.82) is 0 Å². The van der Waals surface area contributed by atoms with E-state index >= 15 is 0 Å². The molecule has 144 valence electrons. The quantitative estimate of drug-likeness (QED) is 0.790. The first kappa shape index (κ1) is 20.2. The van der Waals surface area contributed by atoms with Crippen LogP contribution in [0.25, 0.3) is 0 Å². The number of amides is 2. The molecule has 2 fully saturated rings. The van der Waals surface area contributed by atoms with Crippen molar-refractivity contribution in [2.75, 3.05) is 39.3 Å². The Balaban J connectivity index is 0.000000758. The molecule has 0 atom stereocenters. The third-order valence-electron chi connectivity index (χ3n) is 5.21. The predicted octanol–water partition coefficient (Wildman–Crippen LogP) is 2.37. The highest BCUT2D eigenvalue weighted by molar-refractivity contribution is 5.74. The van der Waals surface area contributed by atoms with Crippen molar-refractivity contribution in [1.82, 2.24) is 15.1 Å². The van der Waals surface area contributed by atoms with Gasteiger partial charge in [0.05, 0.1) is 0 Å². The lowest BCUT2D eigenvalue weighted by atomic mass is 9.85. The summed E-state index contributed by atoms with van der Waals surface area (Å²) >= 11 is 0. The van der Waals surface area contributed by atoms with Crippen LogP contribution >= 0.6 is 0 Å². The van der Waals surface area contributed by atoms with Gasteiger partial charge in [0.2, 0.25) is 0 Å². The van der Waals surface area contributed by atoms with Gasteiger partial charge in [0.15, 0.2) is 0 Å². The molecule has 0 radical (unpaired) electrons. The second-order valence-corrected chi connectivity index (χ2v) is 7.16. The first-order valence-corrected chi connectivity index (χ1v) is 9.51. The van der Waals surface area contributed by atoms with E-state index < -0.39 is 0 Å². The molecule has 2 N–H and O–H groups in total. The number of carboxylic acid groups (broad SMARTS) is 1. The molecule has 6 heteroatoms. The zero-order valence-corrected chi connectivity index (χ0v) is 15.7. The molecular weight excluding hydrogens is 330 g/mol. The standard InChI is InChI=1S/C19H29N3O.CH2O2/c1-16-5-7-17(8-6-16)9-10-20-19(23)22-13-11-21(12-14-22)15-18-3-2-4-18;2-1-3/h5-8,18H,2-4,9-15H2,1H3,(H,20,23);1H,(H,2,3). The predicted molar refractivity (Wildman–Crippen MR) is 102 cm³/mol. The number of urea groups is 1. The number of nitrogens with one attached hydrogen (secondary N) is 1. The van der Waals surface area contributed by atoms with Crippen LogP contribution in [0.4, 0.5) is 4.79 Å². The summed E-state index contributed by atoms with van der Waals surface area (Å²) in [6.45, 7) is 7.58. The smallest absolute Gasteiger partial charge is 0.317 e. The first-order chi connectivity index (χ1) is 12.6. The number of aryl methyl sites for hydroxylation is 1. The van der Waals surface area contributed by atoms with E-state index in [0.717, 1.165) is 38.5 Å². The molecule has 2 aliphatic rings. The summed E-state index contributed by atoms with van der Waals surface area (Å²) in [4.78, 5) is 25.1. The molecule has 3 rings (SSSR count). The minimum absolute atomic E-state index is 0.0976. The molecule has 0 spiro atoms. The van der Waals surface area contributed by atoms with E-state index in [9.17, 15) is 4.79 Å². The van der Waals surface area contributed by atoms with E-state index in [1.807, 2.05) is 4.90 Å². The van der Waals surface area contributed by atoms with E-state index in [1.54, 1.807) is 0 Å². The average Bonchev–Trinajstić information content (AvgIpc) is 2.61. The third kappa shape index (κ3) is 6.67. The van der Waals surface area contributed by atoms with Crippen molar-refractivity contribution < 1.29 is 14.7 Å². The summed E-state index contributed by atoms with van der Waals surface area (Å²) in [6.07, 6.45) is 5.11. The van der Waals surface area contributed by atoms with Crippen LogP contribution in [-0.4, -0.2) is 66.7 Å². The molecule has 1 aliphatic heterocycles. The molecule has 0 unspecified atom stereocenters. The molecule has 26 heavy (non-hydrogen) atoms. The van der Waals surface area contributed by atoms with E-state index in [-0.39, 0.29) is 12.5 Å². The number of piperazine rings is 1. The van der Waals surface area contributed by atoms with Gasteiger partial charge >= 0.3 is 6.03 Å². The summed E-state index contributed by atoms with van der Waals surface area (Å²) in [5, 5.41) is 9.95. The second kappa shape index (κ2) is 10.8. The second-order valence-electron chi connectivity index (χ2n) is 7.16. The molecule has 0 bridgehead atoms. The molecule has 6 nitrogen and oxygen atoms in total. The Morgan fingerprint density at radius 2 is 1.81 bits per heavy atom. The molecule has 2 amide bonds. The SMILES string of the molecule is Cc1ccc(CCNC(=O)N2CCN(CC3CCC3)CC2)cc1.O=CO. The highest BCUT2D eigenvalue weighted by Gasteiger charge is 2.25. The summed E-state index contributed by atoms with van der Waals surface area (Å²) in [5.74, 6) is 0.921. The topological polar surface area (TPSA) is 72.9 Å². The maximum Gasteiger partial charge on any atom is 0.317 e. The Labute approximate surface area is 156 Å². The van der Waals surface area contributed by atoms with Crippen LogP contribution in [0.2, 0.25) is 0 Å². The van der Waals surface area contributed by atoms with Crippen LogP contribution in [0.1, 0.15) is 30.4 Å². The van der Waals surface area contributed by atoms with Crippen molar-refractivity contribution >= 4 is 12.5 Å². The van der Waals surface area contributed by atoms with Gasteiger partial charge in [-0.25, -0.2) is 4.79 Å². The maximum absolute atomic E-state index is 12.2. The number of hydrogen-bond acceptors (Lipinski definition) is 3. The largest absolute Gasteiger partial charge is 0.483 e. The van der Waals surface area contributed by atoms with Gasteiger partial charge in [0, 0.05) is 39.3 Å². The van der Waals surface area contributed by atoms with Crippen LogP contribution in [0.5, 0.6) is 0 Å². The fourth-order valence-electron chi connectivity index (χ4n) is 3.35. The average molecular weight is 361 g/mol. The maximum atomic E-state index is 12.2. The minimum atomic E-state index is -0.250. The molecule has 1 aliphatic carbocycles. The Hall–Kier alpha value is -2.08. The summed E-state index contributed by atoms with van der Waals surface area (Å²) in [5.41, 5.74) is 2.55. The van der Waals surface area contributed by atoms with Gasteiger partial charge in [-0.05, 0) is 37.7 Å². The molecule has 1 aromatic carbocycles. The first-order valence-electron chi connectivity index (χ1n) is 9.51. The van der Waals surface area contributed by atoms with Gasteiger partial charge in [0.25, 0.3) is 6.47 Å². The van der Waals surface area contributed by atoms with Crippen LogP contribution in [0.15, 0.2) is 24.3 Å². The highest BCUT2D eigenvalue weighted by Crippen LogP contribution is 2.27. The number of carbonyl (C=O) groups excluding carboxylic acids is 1. The Bertz CT molecular complexity index is 550. The molecular formula is C20H31N3O3. The van der Waals surface area contributed by atoms with E-state index in [1.165, 1.54) is 36.9 Å². The van der Waals surface area contributed by atoms with Crippen molar-refractivity contribution in [2.45, 2.75) is 32.6 Å². The zero-order valence-electron chi connectivity index (χ0n) is 15.7. The Kier molecular flexibility index (Phi) is 8.41. The van der Waals surface area contributed by atoms with Gasteiger partial charge < -0.3 is 15.3 Å². The lowest BCUT2D eigenvalue weighted by molar-refractivity contribution is -0.122. The lowest BCUT2D eigenvalue weighted by Crippen LogP contribution is -2.53. The van der Waals surface area contributed by atoms with Crippen LogP contribution in [-0.2, 0) is 11.2 Å². The molecule has 0 aromatic heterocycles. The van der Waals surface area contributed by atoms with Crippen molar-refractivity contribution in [3.8, 4) is 0 Å².